The van der Waals surface area contributed by atoms with Crippen molar-refractivity contribution in [2.75, 3.05) is 18.1 Å². The minimum absolute atomic E-state index is 0.112. The molecular formula is C12H16N2O2S. The summed E-state index contributed by atoms with van der Waals surface area (Å²) in [5.41, 5.74) is 0.899. The number of aromatic nitrogens is 1. The monoisotopic (exact) mass is 252 g/mol. The van der Waals surface area contributed by atoms with Gasteiger partial charge in [-0.1, -0.05) is 6.07 Å². The zero-order valence-electron chi connectivity index (χ0n) is 9.56. The van der Waals surface area contributed by atoms with Crippen LogP contribution in [0, 0.1) is 5.92 Å². The van der Waals surface area contributed by atoms with Gasteiger partial charge >= 0.3 is 5.97 Å². The molecule has 0 aliphatic carbocycles. The summed E-state index contributed by atoms with van der Waals surface area (Å²) in [4.78, 5) is 14.8. The maximum absolute atomic E-state index is 10.8. The van der Waals surface area contributed by atoms with Crippen molar-refractivity contribution < 1.29 is 9.90 Å². The van der Waals surface area contributed by atoms with Gasteiger partial charge in [0.25, 0.3) is 0 Å². The molecule has 1 aliphatic heterocycles. The Morgan fingerprint density at radius 2 is 2.47 bits per heavy atom. The van der Waals surface area contributed by atoms with Crippen molar-refractivity contribution in [3.63, 3.8) is 0 Å². The number of nitrogens with zero attached hydrogens (tertiary/aromatic N) is 1. The predicted molar refractivity (Wildman–Crippen MR) is 68.3 cm³/mol. The van der Waals surface area contributed by atoms with E-state index in [2.05, 4.69) is 10.3 Å². The van der Waals surface area contributed by atoms with Gasteiger partial charge in [0.2, 0.25) is 0 Å². The second-order valence-corrected chi connectivity index (χ2v) is 5.33. The summed E-state index contributed by atoms with van der Waals surface area (Å²) in [6.45, 7) is 1.63. The zero-order chi connectivity index (χ0) is 12.1. The Bertz CT molecular complexity index is 392. The Balaban J connectivity index is 1.81. The first kappa shape index (κ1) is 12.4. The van der Waals surface area contributed by atoms with Crippen LogP contribution in [0.15, 0.2) is 18.2 Å². The van der Waals surface area contributed by atoms with Gasteiger partial charge in [0.05, 0.1) is 5.69 Å². The van der Waals surface area contributed by atoms with E-state index in [9.17, 15) is 4.79 Å². The van der Waals surface area contributed by atoms with E-state index in [-0.39, 0.29) is 5.69 Å². The summed E-state index contributed by atoms with van der Waals surface area (Å²) in [7, 11) is 0. The second-order valence-electron chi connectivity index (χ2n) is 4.18. The van der Waals surface area contributed by atoms with Crippen LogP contribution < -0.4 is 5.32 Å². The summed E-state index contributed by atoms with van der Waals surface area (Å²) >= 11 is 2.00. The number of carboxylic acid groups (broad SMARTS) is 1. The van der Waals surface area contributed by atoms with Crippen LogP contribution in [0.4, 0.5) is 0 Å². The molecule has 0 aromatic carbocycles. The maximum atomic E-state index is 10.8. The Morgan fingerprint density at radius 3 is 3.18 bits per heavy atom. The molecule has 5 heteroatoms. The molecule has 1 fully saturated rings. The van der Waals surface area contributed by atoms with E-state index in [1.54, 1.807) is 6.07 Å². The van der Waals surface area contributed by atoms with Gasteiger partial charge in [-0.15, -0.1) is 0 Å². The molecule has 0 saturated carbocycles. The molecule has 2 rings (SSSR count). The highest BCUT2D eigenvalue weighted by molar-refractivity contribution is 7.99. The fourth-order valence-electron chi connectivity index (χ4n) is 1.85. The summed E-state index contributed by atoms with van der Waals surface area (Å²) in [6.07, 6.45) is 1.28. The first-order valence-corrected chi connectivity index (χ1v) is 6.89. The maximum Gasteiger partial charge on any atom is 0.354 e. The number of hydrogen-bond donors (Lipinski definition) is 2. The minimum atomic E-state index is -0.973. The summed E-state index contributed by atoms with van der Waals surface area (Å²) in [5, 5.41) is 12.2. The van der Waals surface area contributed by atoms with E-state index in [1.807, 2.05) is 17.8 Å². The second kappa shape index (κ2) is 6.02. The Hall–Kier alpha value is -1.07. The lowest BCUT2D eigenvalue weighted by Gasteiger charge is -2.09. The fraction of sp³-hybridized carbons (Fsp3) is 0.500. The smallest absolute Gasteiger partial charge is 0.354 e. The van der Waals surface area contributed by atoms with E-state index < -0.39 is 5.97 Å². The van der Waals surface area contributed by atoms with Crippen LogP contribution in [-0.2, 0) is 6.54 Å². The van der Waals surface area contributed by atoms with Crippen LogP contribution in [0.5, 0.6) is 0 Å². The molecule has 92 valence electrons. The first-order valence-electron chi connectivity index (χ1n) is 5.73. The van der Waals surface area contributed by atoms with Gasteiger partial charge in [0, 0.05) is 6.54 Å². The Kier molecular flexibility index (Phi) is 4.39. The molecule has 1 aliphatic rings. The largest absolute Gasteiger partial charge is 0.477 e. The van der Waals surface area contributed by atoms with Crippen molar-refractivity contribution in [1.82, 2.24) is 10.3 Å². The number of thioether (sulfide) groups is 1. The van der Waals surface area contributed by atoms with Crippen molar-refractivity contribution in [2.45, 2.75) is 13.0 Å². The molecule has 1 aromatic rings. The Morgan fingerprint density at radius 1 is 1.59 bits per heavy atom. The van der Waals surface area contributed by atoms with Crippen molar-refractivity contribution in [1.29, 1.82) is 0 Å². The van der Waals surface area contributed by atoms with E-state index in [1.165, 1.54) is 24.0 Å². The van der Waals surface area contributed by atoms with Gasteiger partial charge in [0.15, 0.2) is 0 Å². The molecule has 4 nitrogen and oxygen atoms in total. The molecule has 0 spiro atoms. The molecule has 2 N–H and O–H groups in total. The van der Waals surface area contributed by atoms with Crippen molar-refractivity contribution >= 4 is 17.7 Å². The summed E-state index contributed by atoms with van der Waals surface area (Å²) in [6, 6.07) is 5.10. The number of hydrogen-bond acceptors (Lipinski definition) is 4. The zero-order valence-corrected chi connectivity index (χ0v) is 10.4. The molecule has 17 heavy (non-hydrogen) atoms. The van der Waals surface area contributed by atoms with Gasteiger partial charge in [-0.25, -0.2) is 9.78 Å². The van der Waals surface area contributed by atoms with Crippen molar-refractivity contribution in [2.24, 2.45) is 5.92 Å². The molecule has 1 unspecified atom stereocenters. The van der Waals surface area contributed by atoms with Gasteiger partial charge in [0.1, 0.15) is 5.69 Å². The summed E-state index contributed by atoms with van der Waals surface area (Å²) < 4.78 is 0. The van der Waals surface area contributed by atoms with Crippen LogP contribution in [0.25, 0.3) is 0 Å². The highest BCUT2D eigenvalue weighted by Crippen LogP contribution is 2.22. The van der Waals surface area contributed by atoms with E-state index >= 15 is 0 Å². The molecule has 1 saturated heterocycles. The standard InChI is InChI=1S/C12H16N2O2S/c15-12(16)11-3-1-2-10(14-11)7-13-6-9-4-5-17-8-9/h1-3,9,13H,4-8H2,(H,15,16). The first-order chi connectivity index (χ1) is 8.25. The number of rotatable bonds is 5. The molecular weight excluding hydrogens is 236 g/mol. The highest BCUT2D eigenvalue weighted by Gasteiger charge is 2.14. The third kappa shape index (κ3) is 3.71. The fourth-order valence-corrected chi connectivity index (χ4v) is 3.13. The molecule has 1 aromatic heterocycles. The summed E-state index contributed by atoms with van der Waals surface area (Å²) in [5.74, 6) is 2.27. The normalized spacial score (nSPS) is 19.4. The molecule has 0 radical (unpaired) electrons. The Labute approximate surface area is 105 Å². The van der Waals surface area contributed by atoms with E-state index in [4.69, 9.17) is 5.11 Å². The molecule has 1 atom stereocenters. The SMILES string of the molecule is O=C(O)c1cccc(CNCC2CCSC2)n1. The number of aromatic carboxylic acids is 1. The lowest BCUT2D eigenvalue weighted by atomic mass is 10.1. The molecule has 0 bridgehead atoms. The average molecular weight is 252 g/mol. The average Bonchev–Trinajstić information content (AvgIpc) is 2.82. The lowest BCUT2D eigenvalue weighted by molar-refractivity contribution is 0.0690. The quantitative estimate of drug-likeness (QED) is 0.834. The van der Waals surface area contributed by atoms with E-state index in [0.717, 1.165) is 18.2 Å². The third-order valence-corrected chi connectivity index (χ3v) is 4.02. The van der Waals surface area contributed by atoms with Gasteiger partial charge in [-0.2, -0.15) is 11.8 Å². The van der Waals surface area contributed by atoms with Crippen LogP contribution in [0.2, 0.25) is 0 Å². The lowest BCUT2D eigenvalue weighted by Crippen LogP contribution is -2.23. The third-order valence-electron chi connectivity index (χ3n) is 2.79. The predicted octanol–water partition coefficient (Wildman–Crippen LogP) is 1.62. The number of carboxylic acids is 1. The highest BCUT2D eigenvalue weighted by atomic mass is 32.2. The number of carbonyl (C=O) groups is 1. The van der Waals surface area contributed by atoms with Crippen LogP contribution in [-0.4, -0.2) is 34.1 Å². The van der Waals surface area contributed by atoms with Crippen molar-refractivity contribution in [3.05, 3.63) is 29.6 Å². The number of pyridine rings is 1. The van der Waals surface area contributed by atoms with Gasteiger partial charge < -0.3 is 10.4 Å². The van der Waals surface area contributed by atoms with E-state index in [0.29, 0.717) is 6.54 Å². The molecule has 2 heterocycles. The minimum Gasteiger partial charge on any atom is -0.477 e. The van der Waals surface area contributed by atoms with Gasteiger partial charge in [-0.3, -0.25) is 0 Å². The van der Waals surface area contributed by atoms with Crippen LogP contribution >= 0.6 is 11.8 Å². The molecule has 0 amide bonds. The number of nitrogens with one attached hydrogen (secondary N) is 1. The van der Waals surface area contributed by atoms with Crippen molar-refractivity contribution in [3.8, 4) is 0 Å². The van der Waals surface area contributed by atoms with Crippen LogP contribution in [0.1, 0.15) is 22.6 Å². The topological polar surface area (TPSA) is 62.2 Å². The van der Waals surface area contributed by atoms with Gasteiger partial charge in [-0.05, 0) is 42.5 Å². The van der Waals surface area contributed by atoms with Crippen LogP contribution in [0.3, 0.4) is 0 Å².